The molecule has 1 amide bonds. The Morgan fingerprint density at radius 3 is 2.65 bits per heavy atom. The fourth-order valence-electron chi connectivity index (χ4n) is 2.75. The summed E-state index contributed by atoms with van der Waals surface area (Å²) in [7, 11) is 4.11. The van der Waals surface area contributed by atoms with Crippen LogP contribution in [0.4, 0.5) is 0 Å². The maximum atomic E-state index is 12.2. The average molecular weight is 275 g/mol. The number of amides is 1. The lowest BCUT2D eigenvalue weighted by molar-refractivity contribution is 0.0934. The van der Waals surface area contributed by atoms with Crippen LogP contribution in [0.1, 0.15) is 35.3 Å². The molecule has 1 aromatic rings. The molecule has 0 fully saturated rings. The van der Waals surface area contributed by atoms with E-state index in [-0.39, 0.29) is 5.91 Å². The van der Waals surface area contributed by atoms with Gasteiger partial charge in [0.1, 0.15) is 0 Å². The van der Waals surface area contributed by atoms with E-state index >= 15 is 0 Å². The highest BCUT2D eigenvalue weighted by Crippen LogP contribution is 2.17. The maximum absolute atomic E-state index is 12.2. The van der Waals surface area contributed by atoms with Crippen molar-refractivity contribution in [2.75, 3.05) is 20.6 Å². The molecule has 0 aliphatic carbocycles. The summed E-state index contributed by atoms with van der Waals surface area (Å²) >= 11 is 0. The first kappa shape index (κ1) is 15.0. The molecule has 1 aromatic carbocycles. The number of nitrogens with zero attached hydrogens (tertiary/aromatic N) is 1. The van der Waals surface area contributed by atoms with Crippen LogP contribution in [0, 0.1) is 5.92 Å². The molecule has 1 unspecified atom stereocenters. The molecule has 2 N–H and O–H groups in total. The molecule has 0 radical (unpaired) electrons. The fraction of sp³-hybridized carbons (Fsp3) is 0.562. The highest BCUT2D eigenvalue weighted by atomic mass is 16.1. The molecule has 0 spiro atoms. The van der Waals surface area contributed by atoms with Crippen LogP contribution >= 0.6 is 0 Å². The van der Waals surface area contributed by atoms with Gasteiger partial charge in [-0.25, -0.2) is 0 Å². The molecule has 1 aliphatic rings. The Bertz CT molecular complexity index is 475. The number of benzene rings is 1. The van der Waals surface area contributed by atoms with Crippen molar-refractivity contribution in [3.63, 3.8) is 0 Å². The Morgan fingerprint density at radius 2 is 2.00 bits per heavy atom. The smallest absolute Gasteiger partial charge is 0.251 e. The number of fused-ring (bicyclic) bond motifs is 1. The Kier molecular flexibility index (Phi) is 4.78. The number of carbonyl (C=O) groups is 1. The molecule has 1 atom stereocenters. The zero-order valence-corrected chi connectivity index (χ0v) is 12.9. The van der Waals surface area contributed by atoms with Crippen molar-refractivity contribution in [3.05, 3.63) is 34.9 Å². The van der Waals surface area contributed by atoms with Crippen molar-refractivity contribution in [2.45, 2.75) is 33.0 Å². The average Bonchev–Trinajstić information content (AvgIpc) is 2.84. The first-order valence-electron chi connectivity index (χ1n) is 7.26. The highest BCUT2D eigenvalue weighted by molar-refractivity contribution is 5.94. The van der Waals surface area contributed by atoms with Crippen molar-refractivity contribution >= 4 is 5.91 Å². The predicted molar refractivity (Wildman–Crippen MR) is 81.6 cm³/mol. The Labute approximate surface area is 121 Å². The van der Waals surface area contributed by atoms with Crippen LogP contribution in [0.15, 0.2) is 18.2 Å². The number of nitrogens with one attached hydrogen (secondary N) is 2. The van der Waals surface area contributed by atoms with E-state index in [1.54, 1.807) is 0 Å². The highest BCUT2D eigenvalue weighted by Gasteiger charge is 2.18. The Morgan fingerprint density at radius 1 is 1.30 bits per heavy atom. The van der Waals surface area contributed by atoms with E-state index in [0.717, 1.165) is 18.7 Å². The van der Waals surface area contributed by atoms with Gasteiger partial charge in [-0.3, -0.25) is 4.79 Å². The third-order valence-electron chi connectivity index (χ3n) is 4.00. The number of likely N-dealkylation sites (N-methyl/N-ethyl adjacent to an activating group) is 1. The fourth-order valence-corrected chi connectivity index (χ4v) is 2.75. The second-order valence-electron chi connectivity index (χ2n) is 6.07. The number of carbonyl (C=O) groups excluding carboxylic acids is 1. The van der Waals surface area contributed by atoms with E-state index in [0.29, 0.717) is 18.5 Å². The number of rotatable bonds is 5. The van der Waals surface area contributed by atoms with Crippen molar-refractivity contribution in [2.24, 2.45) is 5.92 Å². The molecule has 1 heterocycles. The summed E-state index contributed by atoms with van der Waals surface area (Å²) in [5.41, 5.74) is 3.30. The Balaban J connectivity index is 1.98. The molecular weight excluding hydrogens is 250 g/mol. The van der Waals surface area contributed by atoms with Gasteiger partial charge in [-0.2, -0.15) is 0 Å². The molecule has 20 heavy (non-hydrogen) atoms. The van der Waals surface area contributed by atoms with Crippen LogP contribution in [0.5, 0.6) is 0 Å². The van der Waals surface area contributed by atoms with E-state index < -0.39 is 0 Å². The molecule has 4 nitrogen and oxygen atoms in total. The zero-order valence-electron chi connectivity index (χ0n) is 12.9. The van der Waals surface area contributed by atoms with Gasteiger partial charge in [0.15, 0.2) is 0 Å². The third kappa shape index (κ3) is 3.38. The first-order valence-corrected chi connectivity index (χ1v) is 7.26. The Hall–Kier alpha value is -1.39. The van der Waals surface area contributed by atoms with Gasteiger partial charge in [0.05, 0.1) is 0 Å². The predicted octanol–water partition coefficient (Wildman–Crippen LogP) is 1.61. The van der Waals surface area contributed by atoms with Gasteiger partial charge in [0.2, 0.25) is 0 Å². The van der Waals surface area contributed by atoms with Gasteiger partial charge in [-0.05, 0) is 43.3 Å². The van der Waals surface area contributed by atoms with E-state index in [1.165, 1.54) is 11.1 Å². The summed E-state index contributed by atoms with van der Waals surface area (Å²) in [6.45, 7) is 6.81. The lowest BCUT2D eigenvalue weighted by Crippen LogP contribution is -2.43. The third-order valence-corrected chi connectivity index (χ3v) is 4.00. The molecule has 0 aromatic heterocycles. The van der Waals surface area contributed by atoms with Crippen molar-refractivity contribution < 1.29 is 4.79 Å². The van der Waals surface area contributed by atoms with Crippen molar-refractivity contribution in [1.82, 2.24) is 15.5 Å². The van der Waals surface area contributed by atoms with Crippen LogP contribution < -0.4 is 10.6 Å². The molecule has 4 heteroatoms. The lowest BCUT2D eigenvalue weighted by Gasteiger charge is -2.28. The van der Waals surface area contributed by atoms with E-state index in [4.69, 9.17) is 0 Å². The normalized spacial score (nSPS) is 15.5. The summed E-state index contributed by atoms with van der Waals surface area (Å²) < 4.78 is 0. The van der Waals surface area contributed by atoms with E-state index in [2.05, 4.69) is 49.5 Å². The van der Waals surface area contributed by atoms with Crippen LogP contribution in [0.3, 0.4) is 0 Å². The second-order valence-corrected chi connectivity index (χ2v) is 6.07. The summed E-state index contributed by atoms with van der Waals surface area (Å²) in [5, 5.41) is 6.35. The number of hydrogen-bond donors (Lipinski definition) is 2. The SMILES string of the molecule is CC(C)C(CNC(=O)c1ccc2c(c1)CNC2)N(C)C. The molecular formula is C16H25N3O. The first-order chi connectivity index (χ1) is 9.49. The van der Waals surface area contributed by atoms with Gasteiger partial charge >= 0.3 is 0 Å². The van der Waals surface area contributed by atoms with Crippen molar-refractivity contribution in [1.29, 1.82) is 0 Å². The maximum Gasteiger partial charge on any atom is 0.251 e. The van der Waals surface area contributed by atoms with Crippen LogP contribution in [-0.4, -0.2) is 37.5 Å². The summed E-state index contributed by atoms with van der Waals surface area (Å²) in [4.78, 5) is 14.4. The van der Waals surface area contributed by atoms with Crippen LogP contribution in [0.2, 0.25) is 0 Å². The van der Waals surface area contributed by atoms with Crippen LogP contribution in [-0.2, 0) is 13.1 Å². The standard InChI is InChI=1S/C16H25N3O/c1-11(2)15(19(3)4)10-18-16(20)12-5-6-13-8-17-9-14(13)7-12/h5-7,11,15,17H,8-10H2,1-4H3,(H,18,20). The quantitative estimate of drug-likeness (QED) is 0.858. The van der Waals surface area contributed by atoms with E-state index in [1.807, 2.05) is 12.1 Å². The molecule has 0 saturated carbocycles. The lowest BCUT2D eigenvalue weighted by atomic mass is 10.0. The number of hydrogen-bond acceptors (Lipinski definition) is 3. The minimum Gasteiger partial charge on any atom is -0.350 e. The van der Waals surface area contributed by atoms with Crippen molar-refractivity contribution in [3.8, 4) is 0 Å². The molecule has 1 aliphatic heterocycles. The molecule has 0 bridgehead atoms. The van der Waals surface area contributed by atoms with E-state index in [9.17, 15) is 4.79 Å². The monoisotopic (exact) mass is 275 g/mol. The summed E-state index contributed by atoms with van der Waals surface area (Å²) in [6.07, 6.45) is 0. The topological polar surface area (TPSA) is 44.4 Å². The largest absolute Gasteiger partial charge is 0.350 e. The second kappa shape index (κ2) is 6.37. The molecule has 0 saturated heterocycles. The summed E-state index contributed by atoms with van der Waals surface area (Å²) in [6, 6.07) is 6.33. The van der Waals surface area contributed by atoms with Gasteiger partial charge in [0, 0.05) is 31.2 Å². The molecule has 2 rings (SSSR count). The van der Waals surface area contributed by atoms with Gasteiger partial charge < -0.3 is 15.5 Å². The minimum absolute atomic E-state index is 0.0206. The summed E-state index contributed by atoms with van der Waals surface area (Å²) in [5.74, 6) is 0.529. The van der Waals surface area contributed by atoms with Crippen LogP contribution in [0.25, 0.3) is 0 Å². The van der Waals surface area contributed by atoms with Gasteiger partial charge in [-0.1, -0.05) is 19.9 Å². The van der Waals surface area contributed by atoms with Gasteiger partial charge in [0.25, 0.3) is 5.91 Å². The minimum atomic E-state index is 0.0206. The zero-order chi connectivity index (χ0) is 14.7. The van der Waals surface area contributed by atoms with Gasteiger partial charge in [-0.15, -0.1) is 0 Å². The molecule has 110 valence electrons.